The molecule has 0 radical (unpaired) electrons. The van der Waals surface area contributed by atoms with Crippen LogP contribution in [-0.2, 0) is 0 Å². The summed E-state index contributed by atoms with van der Waals surface area (Å²) in [4.78, 5) is 17.4. The summed E-state index contributed by atoms with van der Waals surface area (Å²) in [5.41, 5.74) is 0. The first kappa shape index (κ1) is 18.9. The lowest BCUT2D eigenvalue weighted by Gasteiger charge is -2.36. The lowest BCUT2D eigenvalue weighted by atomic mass is 9.92. The third kappa shape index (κ3) is 3.73. The fourth-order valence-electron chi connectivity index (χ4n) is 4.18. The highest BCUT2D eigenvalue weighted by Crippen LogP contribution is 2.38. The summed E-state index contributed by atoms with van der Waals surface area (Å²) in [6.07, 6.45) is 1.20. The SMILES string of the molecule is CC(C)n1nc(NC2[C@@H]3CC[C@H]2CN(C(=O)O)C3)nc1Oc1cccc(Cl)c1. The van der Waals surface area contributed by atoms with Crippen LogP contribution in [0.15, 0.2) is 24.3 Å². The van der Waals surface area contributed by atoms with Gasteiger partial charge in [0, 0.05) is 24.2 Å². The standard InChI is InChI=1S/C19H24ClN5O3/c1-11(2)25-18(28-15-5-3-4-14(20)8-15)22-17(23-25)21-16-12-6-7-13(16)10-24(9-12)19(26)27/h3-5,8,11-13,16H,6-7,9-10H2,1-2H3,(H,21,23)(H,26,27)/t12-,13+,16?. The molecule has 150 valence electrons. The van der Waals surface area contributed by atoms with E-state index in [0.717, 1.165) is 12.8 Å². The van der Waals surface area contributed by atoms with Crippen LogP contribution in [0.2, 0.25) is 5.02 Å². The Labute approximate surface area is 168 Å². The van der Waals surface area contributed by atoms with Gasteiger partial charge in [-0.05, 0) is 56.7 Å². The number of carboxylic acid groups (broad SMARTS) is 1. The first-order chi connectivity index (χ1) is 13.4. The fourth-order valence-corrected chi connectivity index (χ4v) is 4.36. The zero-order chi connectivity index (χ0) is 19.8. The molecule has 1 saturated heterocycles. The van der Waals surface area contributed by atoms with Gasteiger partial charge in [0.2, 0.25) is 5.95 Å². The Hall–Kier alpha value is -2.48. The molecule has 2 fully saturated rings. The number of amides is 1. The molecule has 0 spiro atoms. The highest BCUT2D eigenvalue weighted by Gasteiger charge is 2.43. The van der Waals surface area contributed by atoms with Gasteiger partial charge in [-0.3, -0.25) is 0 Å². The van der Waals surface area contributed by atoms with E-state index in [-0.39, 0.29) is 23.9 Å². The number of likely N-dealkylation sites (tertiary alicyclic amines) is 1. The summed E-state index contributed by atoms with van der Waals surface area (Å²) in [7, 11) is 0. The van der Waals surface area contributed by atoms with Gasteiger partial charge >= 0.3 is 12.1 Å². The maximum absolute atomic E-state index is 11.3. The number of carbonyl (C=O) groups is 1. The number of rotatable bonds is 5. The highest BCUT2D eigenvalue weighted by molar-refractivity contribution is 6.30. The lowest BCUT2D eigenvalue weighted by molar-refractivity contribution is 0.112. The smallest absolute Gasteiger partial charge is 0.407 e. The fraction of sp³-hybridized carbons (Fsp3) is 0.526. The summed E-state index contributed by atoms with van der Waals surface area (Å²) in [6.45, 7) is 5.14. The molecule has 1 aromatic carbocycles. The van der Waals surface area contributed by atoms with Gasteiger partial charge in [0.05, 0.1) is 6.04 Å². The van der Waals surface area contributed by atoms with Crippen LogP contribution in [0.1, 0.15) is 32.7 Å². The van der Waals surface area contributed by atoms with E-state index >= 15 is 0 Å². The Morgan fingerprint density at radius 2 is 2.04 bits per heavy atom. The zero-order valence-electron chi connectivity index (χ0n) is 15.9. The van der Waals surface area contributed by atoms with Gasteiger partial charge in [-0.2, -0.15) is 4.98 Å². The largest absolute Gasteiger partial charge is 0.465 e. The van der Waals surface area contributed by atoms with Crippen molar-refractivity contribution in [2.45, 2.75) is 38.8 Å². The predicted octanol–water partition coefficient (Wildman–Crippen LogP) is 4.11. The minimum absolute atomic E-state index is 0.0720. The number of hydrogen-bond acceptors (Lipinski definition) is 5. The minimum atomic E-state index is -0.838. The minimum Gasteiger partial charge on any atom is -0.465 e. The molecule has 2 aliphatic rings. The van der Waals surface area contributed by atoms with E-state index in [4.69, 9.17) is 16.3 Å². The second kappa shape index (κ2) is 7.50. The van der Waals surface area contributed by atoms with Crippen molar-refractivity contribution in [1.29, 1.82) is 0 Å². The highest BCUT2D eigenvalue weighted by atomic mass is 35.5. The van der Waals surface area contributed by atoms with Crippen molar-refractivity contribution in [3.8, 4) is 11.8 Å². The van der Waals surface area contributed by atoms with Crippen molar-refractivity contribution in [2.75, 3.05) is 18.4 Å². The first-order valence-corrected chi connectivity index (χ1v) is 9.93. The molecule has 2 bridgehead atoms. The molecule has 8 nitrogen and oxygen atoms in total. The monoisotopic (exact) mass is 405 g/mol. The normalized spacial score (nSPS) is 23.9. The number of benzene rings is 1. The first-order valence-electron chi connectivity index (χ1n) is 9.55. The van der Waals surface area contributed by atoms with Crippen molar-refractivity contribution in [2.24, 2.45) is 11.8 Å². The quantitative estimate of drug-likeness (QED) is 0.777. The molecule has 1 aliphatic carbocycles. The van der Waals surface area contributed by atoms with Gasteiger partial charge < -0.3 is 20.1 Å². The predicted molar refractivity (Wildman–Crippen MR) is 105 cm³/mol. The number of aromatic nitrogens is 3. The molecular weight excluding hydrogens is 382 g/mol. The van der Waals surface area contributed by atoms with Crippen LogP contribution in [0.25, 0.3) is 0 Å². The van der Waals surface area contributed by atoms with E-state index in [2.05, 4.69) is 15.4 Å². The van der Waals surface area contributed by atoms with Crippen LogP contribution in [0, 0.1) is 11.8 Å². The topological polar surface area (TPSA) is 92.5 Å². The molecule has 9 heteroatoms. The molecule has 2 aromatic rings. The zero-order valence-corrected chi connectivity index (χ0v) is 16.6. The van der Waals surface area contributed by atoms with Gasteiger partial charge in [0.1, 0.15) is 5.75 Å². The third-order valence-electron chi connectivity index (χ3n) is 5.49. The van der Waals surface area contributed by atoms with E-state index < -0.39 is 6.09 Å². The molecule has 1 aliphatic heterocycles. The van der Waals surface area contributed by atoms with Crippen LogP contribution in [0.3, 0.4) is 0 Å². The van der Waals surface area contributed by atoms with E-state index in [0.29, 0.717) is 35.8 Å². The summed E-state index contributed by atoms with van der Waals surface area (Å²) >= 11 is 6.04. The van der Waals surface area contributed by atoms with E-state index in [9.17, 15) is 9.90 Å². The Morgan fingerprint density at radius 1 is 1.32 bits per heavy atom. The summed E-state index contributed by atoms with van der Waals surface area (Å²) < 4.78 is 7.65. The van der Waals surface area contributed by atoms with E-state index in [1.165, 1.54) is 4.90 Å². The molecule has 28 heavy (non-hydrogen) atoms. The van der Waals surface area contributed by atoms with Gasteiger partial charge in [-0.15, -0.1) is 5.10 Å². The van der Waals surface area contributed by atoms with Crippen LogP contribution < -0.4 is 10.1 Å². The van der Waals surface area contributed by atoms with E-state index in [1.54, 1.807) is 16.8 Å². The van der Waals surface area contributed by atoms with Crippen molar-refractivity contribution < 1.29 is 14.6 Å². The number of hydrogen-bond donors (Lipinski definition) is 2. The van der Waals surface area contributed by atoms with Crippen molar-refractivity contribution >= 4 is 23.6 Å². The molecule has 2 N–H and O–H groups in total. The molecular formula is C19H24ClN5O3. The maximum atomic E-state index is 11.3. The van der Waals surface area contributed by atoms with Gasteiger partial charge in [0.25, 0.3) is 0 Å². The van der Waals surface area contributed by atoms with Gasteiger partial charge in [0.15, 0.2) is 0 Å². The molecule has 1 aromatic heterocycles. The van der Waals surface area contributed by atoms with Crippen molar-refractivity contribution in [3.63, 3.8) is 0 Å². The summed E-state index contributed by atoms with van der Waals surface area (Å²) in [5.74, 6) is 1.66. The second-order valence-electron chi connectivity index (χ2n) is 7.77. The maximum Gasteiger partial charge on any atom is 0.407 e. The average Bonchev–Trinajstić information content (AvgIpc) is 3.12. The van der Waals surface area contributed by atoms with E-state index in [1.807, 2.05) is 26.0 Å². The van der Waals surface area contributed by atoms with Crippen LogP contribution in [-0.4, -0.2) is 50.0 Å². The summed E-state index contributed by atoms with van der Waals surface area (Å²) in [6, 6.07) is 7.81. The number of nitrogens with one attached hydrogen (secondary N) is 1. The molecule has 1 amide bonds. The molecule has 4 rings (SSSR count). The van der Waals surface area contributed by atoms with Gasteiger partial charge in [-0.25, -0.2) is 9.48 Å². The average molecular weight is 406 g/mol. The Balaban J connectivity index is 1.52. The number of halogens is 1. The lowest BCUT2D eigenvalue weighted by Crippen LogP contribution is -2.49. The van der Waals surface area contributed by atoms with Crippen LogP contribution in [0.5, 0.6) is 11.8 Å². The Bertz CT molecular complexity index is 857. The number of fused-ring (bicyclic) bond motifs is 2. The number of anilines is 1. The van der Waals surface area contributed by atoms with Gasteiger partial charge in [-0.1, -0.05) is 17.7 Å². The Kier molecular flexibility index (Phi) is 5.05. The number of nitrogens with zero attached hydrogens (tertiary/aromatic N) is 4. The molecule has 1 saturated carbocycles. The summed E-state index contributed by atoms with van der Waals surface area (Å²) in [5, 5.41) is 17.9. The number of piperidine rings is 1. The third-order valence-corrected chi connectivity index (χ3v) is 5.73. The van der Waals surface area contributed by atoms with Crippen molar-refractivity contribution in [3.05, 3.63) is 29.3 Å². The molecule has 1 unspecified atom stereocenters. The molecule has 2 heterocycles. The van der Waals surface area contributed by atoms with Crippen LogP contribution >= 0.6 is 11.6 Å². The van der Waals surface area contributed by atoms with Crippen LogP contribution in [0.4, 0.5) is 10.7 Å². The molecule has 3 atom stereocenters. The number of ether oxygens (including phenoxy) is 1. The Morgan fingerprint density at radius 3 is 2.64 bits per heavy atom. The second-order valence-corrected chi connectivity index (χ2v) is 8.21. The van der Waals surface area contributed by atoms with Crippen molar-refractivity contribution in [1.82, 2.24) is 19.7 Å².